The molecule has 76 valence electrons. The Labute approximate surface area is 95.4 Å². The Kier molecular flexibility index (Phi) is 2.45. The lowest BCUT2D eigenvalue weighted by atomic mass is 10.4. The Morgan fingerprint density at radius 1 is 1.79 bits per heavy atom. The third-order valence-corrected chi connectivity index (χ3v) is 3.66. The SMILES string of the molecule is Cc1cnc(NC(=O)[C@H]2CC2(Cl)Cl)s1. The van der Waals surface area contributed by atoms with E-state index in [1.54, 1.807) is 6.20 Å². The number of nitrogens with one attached hydrogen (secondary N) is 1. The molecule has 14 heavy (non-hydrogen) atoms. The first kappa shape index (κ1) is 10.2. The summed E-state index contributed by atoms with van der Waals surface area (Å²) in [6, 6.07) is 0. The molecule has 1 amide bonds. The van der Waals surface area contributed by atoms with Gasteiger partial charge in [-0.2, -0.15) is 0 Å². The Hall–Kier alpha value is -0.320. The summed E-state index contributed by atoms with van der Waals surface area (Å²) in [7, 11) is 0. The molecular formula is C8H8Cl2N2OS. The van der Waals surface area contributed by atoms with Gasteiger partial charge in [-0.1, -0.05) is 0 Å². The van der Waals surface area contributed by atoms with Gasteiger partial charge in [-0.05, 0) is 13.3 Å². The lowest BCUT2D eigenvalue weighted by molar-refractivity contribution is -0.117. The summed E-state index contributed by atoms with van der Waals surface area (Å²) in [6.07, 6.45) is 2.23. The van der Waals surface area contributed by atoms with E-state index >= 15 is 0 Å². The highest BCUT2D eigenvalue weighted by Gasteiger charge is 2.56. The van der Waals surface area contributed by atoms with E-state index in [0.29, 0.717) is 11.6 Å². The van der Waals surface area contributed by atoms with Crippen molar-refractivity contribution in [1.29, 1.82) is 0 Å². The fourth-order valence-corrected chi connectivity index (χ4v) is 2.28. The van der Waals surface area contributed by atoms with Crippen LogP contribution in [0.25, 0.3) is 0 Å². The normalized spacial score (nSPS) is 23.2. The number of aryl methyl sites for hydroxylation is 1. The molecule has 1 aliphatic rings. The lowest BCUT2D eigenvalue weighted by Crippen LogP contribution is -2.16. The number of carbonyl (C=O) groups excluding carboxylic acids is 1. The van der Waals surface area contributed by atoms with Crippen molar-refractivity contribution < 1.29 is 4.79 Å². The van der Waals surface area contributed by atoms with Gasteiger partial charge >= 0.3 is 0 Å². The highest BCUT2D eigenvalue weighted by atomic mass is 35.5. The molecule has 1 atom stereocenters. The number of hydrogen-bond acceptors (Lipinski definition) is 3. The summed E-state index contributed by atoms with van der Waals surface area (Å²) in [6.45, 7) is 1.93. The summed E-state index contributed by atoms with van der Waals surface area (Å²) in [5, 5.41) is 3.28. The molecule has 1 heterocycles. The molecule has 1 saturated carbocycles. The minimum absolute atomic E-state index is 0.149. The number of alkyl halides is 2. The zero-order chi connectivity index (χ0) is 10.3. The Bertz CT molecular complexity index is 377. The van der Waals surface area contributed by atoms with Crippen LogP contribution in [0.5, 0.6) is 0 Å². The van der Waals surface area contributed by atoms with Gasteiger partial charge < -0.3 is 5.32 Å². The average molecular weight is 251 g/mol. The number of amides is 1. The third-order valence-electron chi connectivity index (χ3n) is 1.99. The van der Waals surface area contributed by atoms with Crippen molar-refractivity contribution in [3.05, 3.63) is 11.1 Å². The van der Waals surface area contributed by atoms with Crippen LogP contribution in [0.2, 0.25) is 0 Å². The second-order valence-electron chi connectivity index (χ2n) is 3.28. The van der Waals surface area contributed by atoms with Gasteiger partial charge in [0.1, 0.15) is 4.33 Å². The molecule has 0 spiro atoms. The molecule has 0 radical (unpaired) electrons. The van der Waals surface area contributed by atoms with Crippen LogP contribution in [-0.2, 0) is 4.79 Å². The molecule has 3 nitrogen and oxygen atoms in total. The Morgan fingerprint density at radius 3 is 2.86 bits per heavy atom. The van der Waals surface area contributed by atoms with Crippen LogP contribution in [0, 0.1) is 12.8 Å². The Balaban J connectivity index is 1.96. The van der Waals surface area contributed by atoms with Gasteiger partial charge in [0.25, 0.3) is 0 Å². The monoisotopic (exact) mass is 250 g/mol. The molecule has 6 heteroatoms. The van der Waals surface area contributed by atoms with Gasteiger partial charge in [-0.15, -0.1) is 34.5 Å². The van der Waals surface area contributed by atoms with Gasteiger partial charge in [0.05, 0.1) is 5.92 Å². The predicted octanol–water partition coefficient (Wildman–Crippen LogP) is 2.58. The lowest BCUT2D eigenvalue weighted by Gasteiger charge is -2.00. The molecule has 1 aromatic rings. The molecule has 0 unspecified atom stereocenters. The van der Waals surface area contributed by atoms with Crippen molar-refractivity contribution >= 4 is 45.6 Å². The fourth-order valence-electron chi connectivity index (χ4n) is 1.10. The van der Waals surface area contributed by atoms with Gasteiger partial charge in [-0.25, -0.2) is 4.98 Å². The molecule has 0 saturated heterocycles. The van der Waals surface area contributed by atoms with Gasteiger partial charge in [0.15, 0.2) is 5.13 Å². The molecule has 0 aliphatic heterocycles. The van der Waals surface area contributed by atoms with Crippen molar-refractivity contribution in [1.82, 2.24) is 4.98 Å². The molecular weight excluding hydrogens is 243 g/mol. The van der Waals surface area contributed by atoms with Crippen molar-refractivity contribution in [2.24, 2.45) is 5.92 Å². The number of nitrogens with zero attached hydrogens (tertiary/aromatic N) is 1. The number of hydrogen-bond donors (Lipinski definition) is 1. The summed E-state index contributed by atoms with van der Waals surface area (Å²) in [4.78, 5) is 16.6. The van der Waals surface area contributed by atoms with Crippen LogP contribution in [0.15, 0.2) is 6.20 Å². The van der Waals surface area contributed by atoms with Crippen LogP contribution in [0.4, 0.5) is 5.13 Å². The van der Waals surface area contributed by atoms with Crippen molar-refractivity contribution in [3.63, 3.8) is 0 Å². The van der Waals surface area contributed by atoms with E-state index in [9.17, 15) is 4.79 Å². The second kappa shape index (κ2) is 3.36. The van der Waals surface area contributed by atoms with Gasteiger partial charge in [0, 0.05) is 11.1 Å². The van der Waals surface area contributed by atoms with Crippen LogP contribution < -0.4 is 5.32 Å². The minimum atomic E-state index is -0.865. The van der Waals surface area contributed by atoms with E-state index in [1.165, 1.54) is 11.3 Å². The zero-order valence-electron chi connectivity index (χ0n) is 7.38. The number of anilines is 1. The number of aromatic nitrogens is 1. The topological polar surface area (TPSA) is 42.0 Å². The average Bonchev–Trinajstić information content (AvgIpc) is 2.51. The number of carbonyl (C=O) groups is 1. The highest BCUT2D eigenvalue weighted by Crippen LogP contribution is 2.53. The maximum Gasteiger partial charge on any atom is 0.232 e. The quantitative estimate of drug-likeness (QED) is 0.821. The number of thiazole rings is 1. The van der Waals surface area contributed by atoms with E-state index < -0.39 is 4.33 Å². The first-order chi connectivity index (χ1) is 6.49. The maximum atomic E-state index is 11.5. The van der Waals surface area contributed by atoms with Crippen molar-refractivity contribution in [3.8, 4) is 0 Å². The second-order valence-corrected chi connectivity index (χ2v) is 6.06. The highest BCUT2D eigenvalue weighted by molar-refractivity contribution is 7.15. The van der Waals surface area contributed by atoms with Crippen LogP contribution >= 0.6 is 34.5 Å². The largest absolute Gasteiger partial charge is 0.302 e. The third kappa shape index (κ3) is 2.02. The smallest absolute Gasteiger partial charge is 0.232 e. The summed E-state index contributed by atoms with van der Waals surface area (Å²) >= 11 is 13.0. The van der Waals surface area contributed by atoms with Crippen molar-refractivity contribution in [2.45, 2.75) is 17.7 Å². The maximum absolute atomic E-state index is 11.5. The van der Waals surface area contributed by atoms with Crippen molar-refractivity contribution in [2.75, 3.05) is 5.32 Å². The summed E-state index contributed by atoms with van der Waals surface area (Å²) < 4.78 is -0.865. The molecule has 1 fully saturated rings. The number of rotatable bonds is 2. The van der Waals surface area contributed by atoms with E-state index in [2.05, 4.69) is 10.3 Å². The van der Waals surface area contributed by atoms with E-state index in [0.717, 1.165) is 4.88 Å². The van der Waals surface area contributed by atoms with E-state index in [4.69, 9.17) is 23.2 Å². The molecule has 2 rings (SSSR count). The molecule has 1 N–H and O–H groups in total. The molecule has 1 aliphatic carbocycles. The molecule has 0 aromatic carbocycles. The molecule has 0 bridgehead atoms. The van der Waals surface area contributed by atoms with E-state index in [1.807, 2.05) is 6.92 Å². The summed E-state index contributed by atoms with van der Waals surface area (Å²) in [5.41, 5.74) is 0. The predicted molar refractivity (Wildman–Crippen MR) is 58.0 cm³/mol. The van der Waals surface area contributed by atoms with Gasteiger partial charge in [0.2, 0.25) is 5.91 Å². The number of halogens is 2. The fraction of sp³-hybridized carbons (Fsp3) is 0.500. The minimum Gasteiger partial charge on any atom is -0.302 e. The van der Waals surface area contributed by atoms with E-state index in [-0.39, 0.29) is 11.8 Å². The first-order valence-electron chi connectivity index (χ1n) is 4.10. The van der Waals surface area contributed by atoms with Crippen LogP contribution in [-0.4, -0.2) is 15.2 Å². The van der Waals surface area contributed by atoms with Crippen LogP contribution in [0.3, 0.4) is 0 Å². The van der Waals surface area contributed by atoms with Gasteiger partial charge in [-0.3, -0.25) is 4.79 Å². The molecule has 1 aromatic heterocycles. The first-order valence-corrected chi connectivity index (χ1v) is 5.67. The Morgan fingerprint density at radius 2 is 2.43 bits per heavy atom. The standard InChI is InChI=1S/C8H8Cl2N2OS/c1-4-3-11-7(14-4)12-6(13)5-2-8(5,9)10/h3,5H,2H2,1H3,(H,11,12,13)/t5-/m1/s1. The summed E-state index contributed by atoms with van der Waals surface area (Å²) in [5.74, 6) is -0.445. The van der Waals surface area contributed by atoms with Crippen LogP contribution in [0.1, 0.15) is 11.3 Å². The zero-order valence-corrected chi connectivity index (χ0v) is 9.71.